The number of ether oxygens (including phenoxy) is 1. The van der Waals surface area contributed by atoms with Crippen LogP contribution in [0.5, 0.6) is 0 Å². The lowest BCUT2D eigenvalue weighted by atomic mass is 9.98. The minimum atomic E-state index is -0.884. The zero-order valence-corrected chi connectivity index (χ0v) is 28.8. The van der Waals surface area contributed by atoms with Gasteiger partial charge in [0, 0.05) is 56.0 Å². The Morgan fingerprint density at radius 1 is 0.980 bits per heavy atom. The second-order valence-corrected chi connectivity index (χ2v) is 14.2. The molecule has 3 saturated heterocycles. The Bertz CT molecular complexity index is 1870. The smallest absolute Gasteiger partial charge is 0.253 e. The summed E-state index contributed by atoms with van der Waals surface area (Å²) in [5.74, 6) is -1.91. The van der Waals surface area contributed by atoms with Gasteiger partial charge < -0.3 is 20.3 Å². The molecule has 0 saturated carbocycles. The van der Waals surface area contributed by atoms with Crippen LogP contribution in [0.25, 0.3) is 11.3 Å². The third-order valence-corrected chi connectivity index (χ3v) is 10.5. The first-order chi connectivity index (χ1) is 23.6. The van der Waals surface area contributed by atoms with Gasteiger partial charge in [-0.05, 0) is 71.9 Å². The Morgan fingerprint density at radius 3 is 2.43 bits per heavy atom. The van der Waals surface area contributed by atoms with Gasteiger partial charge in [-0.15, -0.1) is 5.10 Å². The Balaban J connectivity index is 0.966. The third kappa shape index (κ3) is 6.84. The molecule has 1 spiro atoms. The highest BCUT2D eigenvalue weighted by atomic mass is 79.9. The zero-order chi connectivity index (χ0) is 34.3. The Labute approximate surface area is 291 Å². The number of aromatic nitrogens is 3. The van der Waals surface area contributed by atoms with E-state index < -0.39 is 17.2 Å². The van der Waals surface area contributed by atoms with Gasteiger partial charge in [0.25, 0.3) is 11.8 Å². The Hall–Kier alpha value is -4.20. The number of amides is 2. The highest BCUT2D eigenvalue weighted by Crippen LogP contribution is 2.35. The summed E-state index contributed by atoms with van der Waals surface area (Å²) < 4.78 is 36.3. The molecule has 10 nitrogen and oxygen atoms in total. The molecule has 256 valence electrons. The standard InChI is InChI=1S/C36H38BrF2N7O3/c1-23-18-43(19-24-6-3-2-4-7-24)21-36(49-23)12-15-45(22-36)35(48)26-9-5-8-25(16-26)34(47)44-13-10-27(11-14-44)46-20-30(41-42-46)28-17-29(38)31(37)32(39)33(28)40/h2-9,16-17,20,23,27H,10-15,18-19,21-22,40H2,1H3. The van der Waals surface area contributed by atoms with Crippen LogP contribution in [-0.2, 0) is 11.3 Å². The minimum Gasteiger partial charge on any atom is -0.396 e. The fraction of sp³-hybridized carbons (Fsp3) is 0.389. The van der Waals surface area contributed by atoms with E-state index in [-0.39, 0.29) is 45.4 Å². The van der Waals surface area contributed by atoms with Crippen LogP contribution in [0.1, 0.15) is 58.5 Å². The molecule has 0 radical (unpaired) electrons. The van der Waals surface area contributed by atoms with Gasteiger partial charge in [0.2, 0.25) is 0 Å². The van der Waals surface area contributed by atoms with E-state index in [9.17, 15) is 18.4 Å². The van der Waals surface area contributed by atoms with Crippen molar-refractivity contribution in [2.45, 2.75) is 50.5 Å². The molecule has 49 heavy (non-hydrogen) atoms. The number of rotatable bonds is 6. The first kappa shape index (κ1) is 33.3. The van der Waals surface area contributed by atoms with Crippen LogP contribution >= 0.6 is 15.9 Å². The van der Waals surface area contributed by atoms with Crippen molar-refractivity contribution < 1.29 is 23.1 Å². The lowest BCUT2D eigenvalue weighted by Crippen LogP contribution is -2.56. The van der Waals surface area contributed by atoms with Gasteiger partial charge in [0.05, 0.1) is 35.0 Å². The molecule has 2 N–H and O–H groups in total. The summed E-state index contributed by atoms with van der Waals surface area (Å²) >= 11 is 2.86. The monoisotopic (exact) mass is 733 g/mol. The normalized spacial score (nSPS) is 21.8. The Morgan fingerprint density at radius 2 is 1.69 bits per heavy atom. The number of halogens is 3. The Kier molecular flexibility index (Phi) is 9.25. The SMILES string of the molecule is CC1CN(Cc2ccccc2)CC2(CCN(C(=O)c3cccc(C(=O)N4CCC(n5cc(-c6cc(F)c(Br)c(F)c6N)nn5)CC4)c3)C2)O1. The zero-order valence-electron chi connectivity index (χ0n) is 27.2. The topological polar surface area (TPSA) is 110 Å². The van der Waals surface area contributed by atoms with Crippen LogP contribution in [0.3, 0.4) is 0 Å². The molecule has 1 aromatic heterocycles. The highest BCUT2D eigenvalue weighted by Gasteiger charge is 2.46. The first-order valence-electron chi connectivity index (χ1n) is 16.6. The average molecular weight is 735 g/mol. The maximum Gasteiger partial charge on any atom is 0.253 e. The van der Waals surface area contributed by atoms with Crippen LogP contribution < -0.4 is 5.73 Å². The predicted octanol–water partition coefficient (Wildman–Crippen LogP) is 5.55. The average Bonchev–Trinajstić information content (AvgIpc) is 3.76. The molecular weight excluding hydrogens is 696 g/mol. The van der Waals surface area contributed by atoms with E-state index in [0.717, 1.165) is 32.1 Å². The van der Waals surface area contributed by atoms with Crippen LogP contribution in [0.2, 0.25) is 0 Å². The number of hydrogen-bond donors (Lipinski definition) is 1. The van der Waals surface area contributed by atoms with Gasteiger partial charge in [-0.3, -0.25) is 14.5 Å². The predicted molar refractivity (Wildman–Crippen MR) is 184 cm³/mol. The lowest BCUT2D eigenvalue weighted by molar-refractivity contribution is -0.142. The molecular formula is C36H38BrF2N7O3. The number of nitrogens with two attached hydrogens (primary N) is 1. The van der Waals surface area contributed by atoms with Crippen molar-refractivity contribution >= 4 is 33.4 Å². The van der Waals surface area contributed by atoms with E-state index in [1.54, 1.807) is 40.0 Å². The third-order valence-electron chi connectivity index (χ3n) is 9.80. The number of benzene rings is 3. The van der Waals surface area contributed by atoms with E-state index in [2.05, 4.69) is 62.3 Å². The minimum absolute atomic E-state index is 0.0552. The van der Waals surface area contributed by atoms with Crippen molar-refractivity contribution in [2.24, 2.45) is 0 Å². The van der Waals surface area contributed by atoms with E-state index in [0.29, 0.717) is 50.1 Å². The van der Waals surface area contributed by atoms with Crippen LogP contribution in [0.15, 0.2) is 71.3 Å². The van der Waals surface area contributed by atoms with Gasteiger partial charge in [-0.1, -0.05) is 41.6 Å². The van der Waals surface area contributed by atoms with E-state index in [1.165, 1.54) is 5.56 Å². The molecule has 3 fully saturated rings. The highest BCUT2D eigenvalue weighted by molar-refractivity contribution is 9.10. The molecule has 3 aromatic carbocycles. The molecule has 2 atom stereocenters. The molecule has 2 amide bonds. The number of carbonyl (C=O) groups is 2. The molecule has 3 aliphatic heterocycles. The summed E-state index contributed by atoms with van der Waals surface area (Å²) in [6.45, 7) is 6.60. The van der Waals surface area contributed by atoms with Gasteiger partial charge in [-0.25, -0.2) is 13.5 Å². The number of nitrogens with zero attached hydrogens (tertiary/aromatic N) is 6. The molecule has 3 aliphatic rings. The second-order valence-electron chi connectivity index (χ2n) is 13.4. The van der Waals surface area contributed by atoms with E-state index >= 15 is 0 Å². The van der Waals surface area contributed by atoms with E-state index in [1.807, 2.05) is 11.0 Å². The van der Waals surface area contributed by atoms with Crippen molar-refractivity contribution in [2.75, 3.05) is 45.0 Å². The molecule has 0 bridgehead atoms. The maximum atomic E-state index is 14.3. The van der Waals surface area contributed by atoms with Crippen LogP contribution in [0.4, 0.5) is 14.5 Å². The second kappa shape index (κ2) is 13.6. The number of morpholine rings is 1. The fourth-order valence-electron chi connectivity index (χ4n) is 7.43. The quantitative estimate of drug-likeness (QED) is 0.205. The van der Waals surface area contributed by atoms with Crippen molar-refractivity contribution in [1.29, 1.82) is 0 Å². The van der Waals surface area contributed by atoms with Gasteiger partial charge >= 0.3 is 0 Å². The first-order valence-corrected chi connectivity index (χ1v) is 17.4. The maximum absolute atomic E-state index is 14.3. The van der Waals surface area contributed by atoms with Crippen molar-refractivity contribution in [1.82, 2.24) is 29.7 Å². The lowest BCUT2D eigenvalue weighted by Gasteiger charge is -2.43. The number of anilines is 1. The summed E-state index contributed by atoms with van der Waals surface area (Å²) in [6.07, 6.45) is 3.67. The van der Waals surface area contributed by atoms with E-state index in [4.69, 9.17) is 10.5 Å². The van der Waals surface area contributed by atoms with Crippen molar-refractivity contribution in [3.05, 3.63) is 99.7 Å². The molecule has 2 unspecified atom stereocenters. The number of hydrogen-bond acceptors (Lipinski definition) is 7. The van der Waals surface area contributed by atoms with Crippen LogP contribution in [-0.4, -0.2) is 92.5 Å². The summed E-state index contributed by atoms with van der Waals surface area (Å²) in [4.78, 5) is 33.3. The summed E-state index contributed by atoms with van der Waals surface area (Å²) in [6, 6.07) is 18.4. The molecule has 4 heterocycles. The molecule has 7 rings (SSSR count). The summed E-state index contributed by atoms with van der Waals surface area (Å²) in [5.41, 5.74) is 7.86. The number of piperidine rings is 1. The largest absolute Gasteiger partial charge is 0.396 e. The molecule has 0 aliphatic carbocycles. The molecule has 13 heteroatoms. The number of carbonyl (C=O) groups excluding carboxylic acids is 2. The summed E-state index contributed by atoms with van der Waals surface area (Å²) in [7, 11) is 0. The van der Waals surface area contributed by atoms with Gasteiger partial charge in [0.15, 0.2) is 5.82 Å². The van der Waals surface area contributed by atoms with Crippen molar-refractivity contribution in [3.63, 3.8) is 0 Å². The fourth-order valence-corrected chi connectivity index (χ4v) is 7.75. The number of nitrogen functional groups attached to an aromatic ring is 1. The van der Waals surface area contributed by atoms with Gasteiger partial charge in [0.1, 0.15) is 17.1 Å². The number of likely N-dealkylation sites (tertiary alicyclic amines) is 2. The molecule has 4 aromatic rings. The van der Waals surface area contributed by atoms with Gasteiger partial charge in [-0.2, -0.15) is 0 Å². The van der Waals surface area contributed by atoms with Crippen molar-refractivity contribution in [3.8, 4) is 11.3 Å². The summed E-state index contributed by atoms with van der Waals surface area (Å²) in [5, 5.41) is 8.30. The van der Waals surface area contributed by atoms with Crippen LogP contribution in [0, 0.1) is 11.6 Å².